The van der Waals surface area contributed by atoms with Crippen molar-refractivity contribution in [2.45, 2.75) is 0 Å². The highest BCUT2D eigenvalue weighted by Crippen LogP contribution is 2.31. The Balaban J connectivity index is 1.98. The summed E-state index contributed by atoms with van der Waals surface area (Å²) in [5, 5.41) is 8.82. The Kier molecular flexibility index (Phi) is 2.40. The number of ether oxygens (including phenoxy) is 2. The summed E-state index contributed by atoms with van der Waals surface area (Å²) in [5.74, 6) is 0.305. The predicted octanol–water partition coefficient (Wildman–Crippen LogP) is 1.34. The Morgan fingerprint density at radius 2 is 2.06 bits per heavy atom. The Morgan fingerprint density at radius 1 is 1.28 bits per heavy atom. The monoisotopic (exact) mass is 246 g/mol. The van der Waals surface area contributed by atoms with Gasteiger partial charge in [0.05, 0.1) is 5.69 Å². The molecule has 2 heterocycles. The van der Waals surface area contributed by atoms with E-state index in [1.807, 2.05) is 6.07 Å². The lowest BCUT2D eigenvalue weighted by molar-refractivity contribution is 0.0691. The molecule has 1 aromatic heterocycles. The lowest BCUT2D eigenvalue weighted by atomic mass is 10.2. The summed E-state index contributed by atoms with van der Waals surface area (Å²) in [5.41, 5.74) is 0.782. The molecule has 3 rings (SSSR count). The van der Waals surface area contributed by atoms with Gasteiger partial charge in [-0.15, -0.1) is 0 Å². The zero-order valence-electron chi connectivity index (χ0n) is 9.37. The number of hydrogen-bond donors (Lipinski definition) is 1. The van der Waals surface area contributed by atoms with Crippen LogP contribution in [-0.2, 0) is 0 Å². The van der Waals surface area contributed by atoms with Crippen molar-refractivity contribution in [3.05, 3.63) is 36.4 Å². The maximum absolute atomic E-state index is 10.8. The van der Waals surface area contributed by atoms with Gasteiger partial charge in [-0.05, 0) is 12.1 Å². The number of aromatic carboxylic acids is 1. The van der Waals surface area contributed by atoms with Crippen LogP contribution in [0.4, 0.5) is 0 Å². The maximum Gasteiger partial charge on any atom is 0.356 e. The predicted molar refractivity (Wildman–Crippen MR) is 61.5 cm³/mol. The lowest BCUT2D eigenvalue weighted by Crippen LogP contribution is -2.15. The number of imidazole rings is 1. The van der Waals surface area contributed by atoms with Gasteiger partial charge in [0.15, 0.2) is 17.2 Å². The molecule has 6 nitrogen and oxygen atoms in total. The highest BCUT2D eigenvalue weighted by molar-refractivity contribution is 5.85. The van der Waals surface area contributed by atoms with Gasteiger partial charge < -0.3 is 19.1 Å². The summed E-state index contributed by atoms with van der Waals surface area (Å²) in [7, 11) is 0. The molecule has 6 heteroatoms. The van der Waals surface area contributed by atoms with Crippen molar-refractivity contribution >= 4 is 5.97 Å². The molecule has 1 aliphatic heterocycles. The Morgan fingerprint density at radius 3 is 2.78 bits per heavy atom. The minimum absolute atomic E-state index is 0.00453. The van der Waals surface area contributed by atoms with E-state index >= 15 is 0 Å². The first-order valence-electron chi connectivity index (χ1n) is 5.41. The van der Waals surface area contributed by atoms with E-state index in [1.54, 1.807) is 16.7 Å². The lowest BCUT2D eigenvalue weighted by Gasteiger charge is -2.18. The van der Waals surface area contributed by atoms with Gasteiger partial charge in [0.1, 0.15) is 19.5 Å². The van der Waals surface area contributed by atoms with Gasteiger partial charge >= 0.3 is 5.97 Å². The van der Waals surface area contributed by atoms with Crippen molar-refractivity contribution in [1.29, 1.82) is 0 Å². The molecule has 0 spiro atoms. The van der Waals surface area contributed by atoms with Gasteiger partial charge in [0, 0.05) is 12.3 Å². The second kappa shape index (κ2) is 4.06. The normalized spacial score (nSPS) is 13.3. The fraction of sp³-hybridized carbons (Fsp3) is 0.167. The third-order valence-electron chi connectivity index (χ3n) is 2.63. The smallest absolute Gasteiger partial charge is 0.356 e. The number of rotatable bonds is 2. The molecule has 2 aromatic rings. The largest absolute Gasteiger partial charge is 0.486 e. The van der Waals surface area contributed by atoms with Crippen molar-refractivity contribution in [2.24, 2.45) is 0 Å². The number of carbonyl (C=O) groups is 1. The first-order valence-corrected chi connectivity index (χ1v) is 5.41. The van der Waals surface area contributed by atoms with Crippen LogP contribution < -0.4 is 9.47 Å². The number of fused-ring (bicyclic) bond motifs is 1. The van der Waals surface area contributed by atoms with Crippen LogP contribution in [0.25, 0.3) is 5.69 Å². The van der Waals surface area contributed by atoms with Crippen LogP contribution in [0.15, 0.2) is 30.7 Å². The van der Waals surface area contributed by atoms with Crippen LogP contribution in [0.3, 0.4) is 0 Å². The van der Waals surface area contributed by atoms with Crippen molar-refractivity contribution in [3.63, 3.8) is 0 Å². The SMILES string of the molecule is O=C(O)c1cn(-c2ccc3c(c2)OCCO3)cn1. The first kappa shape index (κ1) is 10.6. The second-order valence-corrected chi connectivity index (χ2v) is 3.80. The molecule has 0 radical (unpaired) electrons. The molecule has 1 N–H and O–H groups in total. The van der Waals surface area contributed by atoms with E-state index in [1.165, 1.54) is 12.5 Å². The van der Waals surface area contributed by atoms with E-state index in [0.29, 0.717) is 24.7 Å². The molecular formula is C12H10N2O4. The average molecular weight is 246 g/mol. The van der Waals surface area contributed by atoms with Gasteiger partial charge in [-0.1, -0.05) is 0 Å². The van der Waals surface area contributed by atoms with E-state index in [-0.39, 0.29) is 5.69 Å². The summed E-state index contributed by atoms with van der Waals surface area (Å²) >= 11 is 0. The molecule has 1 aliphatic rings. The van der Waals surface area contributed by atoms with Crippen molar-refractivity contribution in [2.75, 3.05) is 13.2 Å². The van der Waals surface area contributed by atoms with E-state index < -0.39 is 5.97 Å². The Labute approximate surface area is 102 Å². The van der Waals surface area contributed by atoms with Crippen molar-refractivity contribution < 1.29 is 19.4 Å². The van der Waals surface area contributed by atoms with Crippen LogP contribution in [0, 0.1) is 0 Å². The van der Waals surface area contributed by atoms with E-state index in [9.17, 15) is 4.79 Å². The summed E-state index contributed by atoms with van der Waals surface area (Å²) in [4.78, 5) is 14.6. The third kappa shape index (κ3) is 1.77. The first-order chi connectivity index (χ1) is 8.74. The quantitative estimate of drug-likeness (QED) is 0.865. The summed E-state index contributed by atoms with van der Waals surface area (Å²) in [6, 6.07) is 5.41. The summed E-state index contributed by atoms with van der Waals surface area (Å²) < 4.78 is 12.5. The minimum Gasteiger partial charge on any atom is -0.486 e. The number of hydrogen-bond acceptors (Lipinski definition) is 4. The number of carboxylic acid groups (broad SMARTS) is 1. The number of benzene rings is 1. The van der Waals surface area contributed by atoms with Crippen molar-refractivity contribution in [3.8, 4) is 17.2 Å². The van der Waals surface area contributed by atoms with Crippen LogP contribution >= 0.6 is 0 Å². The van der Waals surface area contributed by atoms with Gasteiger partial charge in [-0.2, -0.15) is 0 Å². The molecule has 0 saturated heterocycles. The molecule has 18 heavy (non-hydrogen) atoms. The minimum atomic E-state index is -1.05. The molecular weight excluding hydrogens is 236 g/mol. The second-order valence-electron chi connectivity index (χ2n) is 3.80. The zero-order chi connectivity index (χ0) is 12.5. The number of aromatic nitrogens is 2. The Bertz CT molecular complexity index is 606. The van der Waals surface area contributed by atoms with Crippen LogP contribution in [0.1, 0.15) is 10.5 Å². The Hall–Kier alpha value is -2.50. The maximum atomic E-state index is 10.8. The highest BCUT2D eigenvalue weighted by Gasteiger charge is 2.13. The van der Waals surface area contributed by atoms with Crippen LogP contribution in [0.5, 0.6) is 11.5 Å². The highest BCUT2D eigenvalue weighted by atomic mass is 16.6. The molecule has 0 unspecified atom stereocenters. The van der Waals surface area contributed by atoms with E-state index in [0.717, 1.165) is 5.69 Å². The van der Waals surface area contributed by atoms with Gasteiger partial charge in [0.25, 0.3) is 0 Å². The summed E-state index contributed by atoms with van der Waals surface area (Å²) in [6.45, 7) is 1.06. The van der Waals surface area contributed by atoms with E-state index in [4.69, 9.17) is 14.6 Å². The fourth-order valence-corrected chi connectivity index (χ4v) is 1.77. The molecule has 0 fully saturated rings. The molecule has 0 saturated carbocycles. The molecule has 0 bridgehead atoms. The topological polar surface area (TPSA) is 73.6 Å². The molecule has 0 atom stereocenters. The molecule has 92 valence electrons. The van der Waals surface area contributed by atoms with Crippen LogP contribution in [-0.4, -0.2) is 33.8 Å². The fourth-order valence-electron chi connectivity index (χ4n) is 1.77. The van der Waals surface area contributed by atoms with Gasteiger partial charge in [-0.25, -0.2) is 9.78 Å². The van der Waals surface area contributed by atoms with Crippen LogP contribution in [0.2, 0.25) is 0 Å². The molecule has 1 aromatic carbocycles. The average Bonchev–Trinajstić information content (AvgIpc) is 2.88. The number of carboxylic acids is 1. The van der Waals surface area contributed by atoms with E-state index in [2.05, 4.69) is 4.98 Å². The third-order valence-corrected chi connectivity index (χ3v) is 2.63. The standard InChI is InChI=1S/C12H10N2O4/c15-12(16)9-6-14(7-13-9)8-1-2-10-11(5-8)18-4-3-17-10/h1-2,5-7H,3-4H2,(H,15,16). The summed E-state index contributed by atoms with van der Waals surface area (Å²) in [6.07, 6.45) is 2.91. The number of nitrogens with zero attached hydrogens (tertiary/aromatic N) is 2. The van der Waals surface area contributed by atoms with Gasteiger partial charge in [0.2, 0.25) is 0 Å². The zero-order valence-corrected chi connectivity index (χ0v) is 9.37. The van der Waals surface area contributed by atoms with Crippen molar-refractivity contribution in [1.82, 2.24) is 9.55 Å². The molecule has 0 amide bonds. The molecule has 0 aliphatic carbocycles. The van der Waals surface area contributed by atoms with Gasteiger partial charge in [-0.3, -0.25) is 0 Å².